The summed E-state index contributed by atoms with van der Waals surface area (Å²) in [5.74, 6) is -0.369. The number of nitrogens with zero attached hydrogens (tertiary/aromatic N) is 2. The van der Waals surface area contributed by atoms with E-state index in [1.807, 2.05) is 30.3 Å². The molecule has 3 aromatic rings. The van der Waals surface area contributed by atoms with E-state index in [0.717, 1.165) is 35.9 Å². The highest BCUT2D eigenvalue weighted by atomic mass is 32.2. The van der Waals surface area contributed by atoms with E-state index in [0.29, 0.717) is 23.8 Å². The second-order valence-corrected chi connectivity index (χ2v) is 9.72. The number of methoxy groups -OCH3 is 1. The summed E-state index contributed by atoms with van der Waals surface area (Å²) in [6.07, 6.45) is -3.23. The van der Waals surface area contributed by atoms with Crippen molar-refractivity contribution < 1.29 is 35.9 Å². The summed E-state index contributed by atoms with van der Waals surface area (Å²) in [4.78, 5) is 12.7. The van der Waals surface area contributed by atoms with Gasteiger partial charge in [0.15, 0.2) is 17.2 Å². The fourth-order valence-electron chi connectivity index (χ4n) is 3.69. The molecule has 1 aliphatic heterocycles. The van der Waals surface area contributed by atoms with Gasteiger partial charge in [0.2, 0.25) is 10.0 Å². The van der Waals surface area contributed by atoms with Crippen LogP contribution in [0.15, 0.2) is 88.4 Å². The Hall–Kier alpha value is -4.16. The van der Waals surface area contributed by atoms with Crippen LogP contribution in [0.4, 0.5) is 18.9 Å². The summed E-state index contributed by atoms with van der Waals surface area (Å²) in [7, 11) is -2.63. The predicted molar refractivity (Wildman–Crippen MR) is 135 cm³/mol. The highest BCUT2D eigenvalue weighted by molar-refractivity contribution is 7.89. The van der Waals surface area contributed by atoms with E-state index in [1.54, 1.807) is 6.07 Å². The van der Waals surface area contributed by atoms with E-state index in [2.05, 4.69) is 5.10 Å². The summed E-state index contributed by atoms with van der Waals surface area (Å²) < 4.78 is 75.4. The van der Waals surface area contributed by atoms with Gasteiger partial charge in [0.1, 0.15) is 0 Å². The topological polar surface area (TPSA) is 111 Å². The van der Waals surface area contributed by atoms with Gasteiger partial charge in [0, 0.05) is 6.42 Å². The molecule has 8 nitrogen and oxygen atoms in total. The quantitative estimate of drug-likeness (QED) is 0.424. The van der Waals surface area contributed by atoms with Crippen molar-refractivity contribution in [3.05, 3.63) is 89.5 Å². The Bertz CT molecular complexity index is 1500. The predicted octanol–water partition coefficient (Wildman–Crippen LogP) is 4.31. The van der Waals surface area contributed by atoms with Crippen molar-refractivity contribution in [2.75, 3.05) is 18.7 Å². The molecule has 0 atom stereocenters. The molecule has 0 unspecified atom stereocenters. The minimum atomic E-state index is -4.93. The van der Waals surface area contributed by atoms with Crippen LogP contribution in [0.25, 0.3) is 6.08 Å². The number of carbonyl (C=O) groups is 1. The number of nitrogens with two attached hydrogens (primary N) is 1. The smallest absolute Gasteiger partial charge is 0.435 e. The third-order valence-electron chi connectivity index (χ3n) is 5.55. The van der Waals surface area contributed by atoms with E-state index in [9.17, 15) is 26.4 Å². The van der Waals surface area contributed by atoms with Crippen LogP contribution in [-0.2, 0) is 21.2 Å². The van der Waals surface area contributed by atoms with E-state index >= 15 is 0 Å². The Morgan fingerprint density at radius 1 is 1.00 bits per heavy atom. The zero-order valence-electron chi connectivity index (χ0n) is 20.0. The highest BCUT2D eigenvalue weighted by Gasteiger charge is 2.46. The van der Waals surface area contributed by atoms with Gasteiger partial charge in [-0.25, -0.2) is 13.6 Å². The molecule has 1 aliphatic rings. The molecule has 12 heteroatoms. The Labute approximate surface area is 216 Å². The van der Waals surface area contributed by atoms with Crippen LogP contribution in [0.3, 0.4) is 0 Å². The molecular formula is C26H22F3N3O5S. The van der Waals surface area contributed by atoms with E-state index in [4.69, 9.17) is 14.6 Å². The molecule has 3 aromatic carbocycles. The average Bonchev–Trinajstić information content (AvgIpc) is 3.21. The Kier molecular flexibility index (Phi) is 7.56. The minimum absolute atomic E-state index is 0.0627. The second kappa shape index (κ2) is 10.7. The SMILES string of the molecule is COc1cc(/C=C2\C(=O)N(c3ccc(S(N)(=O)=O)cc3)N=C2C(F)(F)F)ccc1OCCc1ccccc1. The highest BCUT2D eigenvalue weighted by Crippen LogP contribution is 2.34. The van der Waals surface area contributed by atoms with Gasteiger partial charge in [-0.05, 0) is 53.6 Å². The molecule has 0 saturated carbocycles. The lowest BCUT2D eigenvalue weighted by Gasteiger charge is -2.13. The summed E-state index contributed by atoms with van der Waals surface area (Å²) in [5, 5.41) is 9.08. The number of anilines is 1. The van der Waals surface area contributed by atoms with E-state index in [-0.39, 0.29) is 21.9 Å². The number of alkyl halides is 3. The molecule has 1 amide bonds. The Morgan fingerprint density at radius 3 is 2.29 bits per heavy atom. The molecule has 1 heterocycles. The summed E-state index contributed by atoms with van der Waals surface area (Å²) >= 11 is 0. The molecule has 0 radical (unpaired) electrons. The van der Waals surface area contributed by atoms with Gasteiger partial charge in [-0.15, -0.1) is 0 Å². The zero-order chi connectivity index (χ0) is 27.5. The standard InChI is InChI=1S/C26H22F3N3O5S/c1-36-23-16-18(7-12-22(23)37-14-13-17-5-3-2-4-6-17)15-21-24(26(27,28)29)31-32(25(21)33)19-8-10-20(11-9-19)38(30,34)35/h2-12,15-16H,13-14H2,1H3,(H2,30,34,35)/b21-15-. The summed E-state index contributed by atoms with van der Waals surface area (Å²) in [6, 6.07) is 18.6. The van der Waals surface area contributed by atoms with Crippen molar-refractivity contribution >= 4 is 33.4 Å². The van der Waals surface area contributed by atoms with Crippen LogP contribution in [0.5, 0.6) is 11.5 Å². The minimum Gasteiger partial charge on any atom is -0.493 e. The first-order chi connectivity index (χ1) is 18.0. The number of primary sulfonamides is 1. The molecule has 4 rings (SSSR count). The normalized spacial score (nSPS) is 15.1. The maximum atomic E-state index is 13.8. The van der Waals surface area contributed by atoms with Gasteiger partial charge in [-0.1, -0.05) is 36.4 Å². The fraction of sp³-hybridized carbons (Fsp3) is 0.154. The molecule has 198 valence electrons. The van der Waals surface area contributed by atoms with Crippen molar-refractivity contribution in [3.8, 4) is 11.5 Å². The lowest BCUT2D eigenvalue weighted by Crippen LogP contribution is -2.25. The first-order valence-corrected chi connectivity index (χ1v) is 12.7. The maximum Gasteiger partial charge on any atom is 0.435 e. The van der Waals surface area contributed by atoms with Crippen LogP contribution < -0.4 is 19.6 Å². The number of amides is 1. The van der Waals surface area contributed by atoms with E-state index in [1.165, 1.54) is 19.2 Å². The Balaban J connectivity index is 1.59. The largest absolute Gasteiger partial charge is 0.493 e. The third kappa shape index (κ3) is 6.03. The molecule has 2 N–H and O–H groups in total. The molecule has 0 aliphatic carbocycles. The van der Waals surface area contributed by atoms with Gasteiger partial charge in [-0.2, -0.15) is 23.3 Å². The van der Waals surface area contributed by atoms with Crippen molar-refractivity contribution in [1.82, 2.24) is 0 Å². The second-order valence-electron chi connectivity index (χ2n) is 8.15. The van der Waals surface area contributed by atoms with Gasteiger partial charge >= 0.3 is 6.18 Å². The number of benzene rings is 3. The van der Waals surface area contributed by atoms with Crippen LogP contribution >= 0.6 is 0 Å². The first-order valence-electron chi connectivity index (χ1n) is 11.2. The molecular weight excluding hydrogens is 523 g/mol. The molecule has 0 fully saturated rings. The first kappa shape index (κ1) is 26.9. The fourth-order valence-corrected chi connectivity index (χ4v) is 4.20. The van der Waals surface area contributed by atoms with E-state index < -0.39 is 33.4 Å². The number of rotatable bonds is 8. The number of ether oxygens (including phenoxy) is 2. The maximum absolute atomic E-state index is 13.8. The molecule has 0 aromatic heterocycles. The number of hydrazone groups is 1. The zero-order valence-corrected chi connectivity index (χ0v) is 20.8. The molecule has 0 saturated heterocycles. The summed E-state index contributed by atoms with van der Waals surface area (Å²) in [5.41, 5.74) is -0.806. The Morgan fingerprint density at radius 2 is 1.68 bits per heavy atom. The lowest BCUT2D eigenvalue weighted by atomic mass is 10.1. The van der Waals surface area contributed by atoms with Gasteiger partial charge in [-0.3, -0.25) is 4.79 Å². The van der Waals surface area contributed by atoms with Crippen molar-refractivity contribution in [2.24, 2.45) is 10.2 Å². The van der Waals surface area contributed by atoms with Gasteiger partial charge < -0.3 is 9.47 Å². The molecule has 38 heavy (non-hydrogen) atoms. The van der Waals surface area contributed by atoms with Crippen LogP contribution in [-0.4, -0.2) is 39.9 Å². The molecule has 0 bridgehead atoms. The summed E-state index contributed by atoms with van der Waals surface area (Å²) in [6.45, 7) is 0.351. The number of halogens is 3. The lowest BCUT2D eigenvalue weighted by molar-refractivity contribution is -0.114. The van der Waals surface area contributed by atoms with Crippen molar-refractivity contribution in [2.45, 2.75) is 17.5 Å². The van der Waals surface area contributed by atoms with Crippen LogP contribution in [0.1, 0.15) is 11.1 Å². The van der Waals surface area contributed by atoms with Crippen LogP contribution in [0, 0.1) is 0 Å². The number of carbonyl (C=O) groups excluding carboxylic acids is 1. The van der Waals surface area contributed by atoms with Gasteiger partial charge in [0.25, 0.3) is 5.91 Å². The third-order valence-corrected chi connectivity index (χ3v) is 6.48. The number of hydrogen-bond acceptors (Lipinski definition) is 6. The van der Waals surface area contributed by atoms with Crippen molar-refractivity contribution in [3.63, 3.8) is 0 Å². The molecule has 0 spiro atoms. The average molecular weight is 546 g/mol. The number of sulfonamides is 1. The van der Waals surface area contributed by atoms with Gasteiger partial charge in [0.05, 0.1) is 29.9 Å². The monoisotopic (exact) mass is 545 g/mol. The van der Waals surface area contributed by atoms with Crippen LogP contribution in [0.2, 0.25) is 0 Å². The van der Waals surface area contributed by atoms with Crippen molar-refractivity contribution in [1.29, 1.82) is 0 Å². The number of hydrogen-bond donors (Lipinski definition) is 1.